The molecular formula is C10H12BrN5O. The Kier molecular flexibility index (Phi) is 3.70. The lowest BCUT2D eigenvalue weighted by atomic mass is 10.2. The summed E-state index contributed by atoms with van der Waals surface area (Å²) in [6.45, 7) is 0.504. The largest absolute Gasteiger partial charge is 0.392 e. The van der Waals surface area contributed by atoms with Gasteiger partial charge in [0.15, 0.2) is 0 Å². The van der Waals surface area contributed by atoms with Gasteiger partial charge in [-0.3, -0.25) is 4.68 Å². The maximum absolute atomic E-state index is 9.22. The molecule has 0 unspecified atom stereocenters. The molecule has 0 radical (unpaired) electrons. The minimum Gasteiger partial charge on any atom is -0.392 e. The van der Waals surface area contributed by atoms with Gasteiger partial charge in [-0.25, -0.2) is 4.98 Å². The molecule has 0 bridgehead atoms. The van der Waals surface area contributed by atoms with Gasteiger partial charge in [0.25, 0.3) is 0 Å². The predicted octanol–water partition coefficient (Wildman–Crippen LogP) is 1.08. The van der Waals surface area contributed by atoms with E-state index in [1.807, 2.05) is 13.1 Å². The lowest BCUT2D eigenvalue weighted by molar-refractivity contribution is 0.282. The van der Waals surface area contributed by atoms with Gasteiger partial charge in [0, 0.05) is 23.3 Å². The van der Waals surface area contributed by atoms with Crippen LogP contribution >= 0.6 is 15.9 Å². The maximum Gasteiger partial charge on any atom is 0.131 e. The summed E-state index contributed by atoms with van der Waals surface area (Å²) in [5.74, 6) is 0.664. The molecule has 17 heavy (non-hydrogen) atoms. The molecule has 0 atom stereocenters. The van der Waals surface area contributed by atoms with Crippen LogP contribution in [-0.4, -0.2) is 25.1 Å². The van der Waals surface area contributed by atoms with E-state index in [2.05, 4.69) is 36.5 Å². The fourth-order valence-electron chi connectivity index (χ4n) is 1.41. The van der Waals surface area contributed by atoms with Crippen LogP contribution in [0.25, 0.3) is 0 Å². The van der Waals surface area contributed by atoms with E-state index in [9.17, 15) is 5.11 Å². The number of hydrogen-bond acceptors (Lipinski definition) is 5. The first kappa shape index (κ1) is 12.0. The summed E-state index contributed by atoms with van der Waals surface area (Å²) in [5.41, 5.74) is 1.69. The molecule has 6 nitrogen and oxygen atoms in total. The third-order valence-electron chi connectivity index (χ3n) is 2.35. The average molecular weight is 298 g/mol. The number of nitrogens with zero attached hydrogens (tertiary/aromatic N) is 4. The quantitative estimate of drug-likeness (QED) is 0.883. The Morgan fingerprint density at radius 3 is 2.94 bits per heavy atom. The van der Waals surface area contributed by atoms with E-state index in [4.69, 9.17) is 0 Å². The Bertz CT molecular complexity index is 513. The van der Waals surface area contributed by atoms with E-state index >= 15 is 0 Å². The number of anilines is 1. The molecular weight excluding hydrogens is 286 g/mol. The van der Waals surface area contributed by atoms with Crippen molar-refractivity contribution in [2.45, 2.75) is 13.2 Å². The molecule has 0 aromatic carbocycles. The first-order valence-electron chi connectivity index (χ1n) is 5.03. The topological polar surface area (TPSA) is 75.9 Å². The van der Waals surface area contributed by atoms with Crippen LogP contribution in [0, 0.1) is 0 Å². The molecule has 0 aliphatic heterocycles. The molecule has 0 spiro atoms. The van der Waals surface area contributed by atoms with E-state index in [0.29, 0.717) is 12.4 Å². The number of aryl methyl sites for hydroxylation is 1. The third kappa shape index (κ3) is 2.80. The molecule has 0 aliphatic carbocycles. The van der Waals surface area contributed by atoms with Crippen molar-refractivity contribution in [2.24, 2.45) is 7.05 Å². The highest BCUT2D eigenvalue weighted by atomic mass is 79.9. The number of aromatic nitrogens is 4. The molecule has 7 heteroatoms. The summed E-state index contributed by atoms with van der Waals surface area (Å²) < 4.78 is 2.53. The van der Waals surface area contributed by atoms with Crippen LogP contribution in [0.2, 0.25) is 0 Å². The van der Waals surface area contributed by atoms with Gasteiger partial charge in [-0.15, -0.1) is 5.10 Å². The van der Waals surface area contributed by atoms with Crippen LogP contribution in [0.15, 0.2) is 22.9 Å². The molecule has 0 saturated carbocycles. The number of hydrogen-bond donors (Lipinski definition) is 2. The Balaban J connectivity index is 2.11. The normalized spacial score (nSPS) is 10.5. The zero-order valence-corrected chi connectivity index (χ0v) is 10.8. The van der Waals surface area contributed by atoms with Crippen molar-refractivity contribution in [1.82, 2.24) is 20.0 Å². The molecule has 2 aromatic heterocycles. The van der Waals surface area contributed by atoms with Crippen LogP contribution in [0.5, 0.6) is 0 Å². The number of aliphatic hydroxyl groups is 1. The van der Waals surface area contributed by atoms with Crippen LogP contribution < -0.4 is 5.32 Å². The van der Waals surface area contributed by atoms with E-state index < -0.39 is 0 Å². The zero-order valence-electron chi connectivity index (χ0n) is 9.26. The van der Waals surface area contributed by atoms with Crippen molar-refractivity contribution in [1.29, 1.82) is 0 Å². The Morgan fingerprint density at radius 1 is 1.47 bits per heavy atom. The minimum atomic E-state index is -0.0571. The standard InChI is InChI=1S/C10H12BrN5O/c1-16-9(5-14-15-16)4-13-10-7(6-17)2-8(11)3-12-10/h2-3,5,17H,4,6H2,1H3,(H,12,13). The average Bonchev–Trinajstić information content (AvgIpc) is 2.73. The van der Waals surface area contributed by atoms with E-state index in [-0.39, 0.29) is 6.61 Å². The molecule has 0 saturated heterocycles. The van der Waals surface area contributed by atoms with E-state index in [1.54, 1.807) is 17.1 Å². The van der Waals surface area contributed by atoms with Crippen molar-refractivity contribution in [2.75, 3.05) is 5.32 Å². The molecule has 0 fully saturated rings. The number of pyridine rings is 1. The fourth-order valence-corrected chi connectivity index (χ4v) is 1.78. The second-order valence-corrected chi connectivity index (χ2v) is 4.44. The van der Waals surface area contributed by atoms with Gasteiger partial charge in [0.2, 0.25) is 0 Å². The predicted molar refractivity (Wildman–Crippen MR) is 66.2 cm³/mol. The summed E-state index contributed by atoms with van der Waals surface area (Å²) in [4.78, 5) is 4.21. The number of aliphatic hydroxyl groups excluding tert-OH is 1. The highest BCUT2D eigenvalue weighted by Gasteiger charge is 2.05. The second-order valence-electron chi connectivity index (χ2n) is 3.52. The van der Waals surface area contributed by atoms with Gasteiger partial charge < -0.3 is 10.4 Å². The van der Waals surface area contributed by atoms with Crippen molar-refractivity contribution < 1.29 is 5.11 Å². The lowest BCUT2D eigenvalue weighted by Crippen LogP contribution is -2.08. The Morgan fingerprint density at radius 2 is 2.29 bits per heavy atom. The number of halogens is 1. The highest BCUT2D eigenvalue weighted by molar-refractivity contribution is 9.10. The van der Waals surface area contributed by atoms with Crippen molar-refractivity contribution in [3.05, 3.63) is 34.2 Å². The first-order chi connectivity index (χ1) is 8.20. The molecule has 2 rings (SSSR count). The maximum atomic E-state index is 9.22. The summed E-state index contributed by atoms with van der Waals surface area (Å²) in [6, 6.07) is 1.83. The molecule has 2 aromatic rings. The zero-order chi connectivity index (χ0) is 12.3. The van der Waals surface area contributed by atoms with Gasteiger partial charge in [0.1, 0.15) is 5.82 Å². The van der Waals surface area contributed by atoms with Crippen molar-refractivity contribution in [3.63, 3.8) is 0 Å². The SMILES string of the molecule is Cn1nncc1CNc1ncc(Br)cc1CO. The van der Waals surface area contributed by atoms with Gasteiger partial charge in [-0.05, 0) is 22.0 Å². The van der Waals surface area contributed by atoms with Crippen molar-refractivity contribution >= 4 is 21.7 Å². The summed E-state index contributed by atoms with van der Waals surface area (Å²) in [6.07, 6.45) is 3.37. The second kappa shape index (κ2) is 5.24. The van der Waals surface area contributed by atoms with Gasteiger partial charge in [0.05, 0.1) is 25.0 Å². The molecule has 90 valence electrons. The van der Waals surface area contributed by atoms with Gasteiger partial charge in [-0.1, -0.05) is 5.21 Å². The van der Waals surface area contributed by atoms with Crippen LogP contribution in [0.4, 0.5) is 5.82 Å². The van der Waals surface area contributed by atoms with Gasteiger partial charge >= 0.3 is 0 Å². The third-order valence-corrected chi connectivity index (χ3v) is 2.78. The molecule has 2 N–H and O–H groups in total. The summed E-state index contributed by atoms with van der Waals surface area (Å²) in [5, 5.41) is 20.0. The first-order valence-corrected chi connectivity index (χ1v) is 5.82. The molecule has 2 heterocycles. The van der Waals surface area contributed by atoms with Crippen LogP contribution in [0.1, 0.15) is 11.3 Å². The number of nitrogens with one attached hydrogen (secondary N) is 1. The lowest BCUT2D eigenvalue weighted by Gasteiger charge is -2.09. The number of rotatable bonds is 4. The van der Waals surface area contributed by atoms with Crippen LogP contribution in [0.3, 0.4) is 0 Å². The minimum absolute atomic E-state index is 0.0571. The highest BCUT2D eigenvalue weighted by Crippen LogP contribution is 2.18. The summed E-state index contributed by atoms with van der Waals surface area (Å²) in [7, 11) is 1.83. The fraction of sp³-hybridized carbons (Fsp3) is 0.300. The smallest absolute Gasteiger partial charge is 0.131 e. The van der Waals surface area contributed by atoms with E-state index in [1.165, 1.54) is 0 Å². The van der Waals surface area contributed by atoms with Crippen molar-refractivity contribution in [3.8, 4) is 0 Å². The van der Waals surface area contributed by atoms with E-state index in [0.717, 1.165) is 15.7 Å². The Hall–Kier alpha value is -1.47. The van der Waals surface area contributed by atoms with Gasteiger partial charge in [-0.2, -0.15) is 0 Å². The van der Waals surface area contributed by atoms with Crippen LogP contribution in [-0.2, 0) is 20.2 Å². The molecule has 0 amide bonds. The monoisotopic (exact) mass is 297 g/mol. The molecule has 0 aliphatic rings. The Labute approximate surface area is 107 Å². The summed E-state index contributed by atoms with van der Waals surface area (Å²) >= 11 is 3.31.